The molecule has 2 N–H and O–H groups in total. The van der Waals surface area contributed by atoms with E-state index in [-0.39, 0.29) is 10.9 Å². The van der Waals surface area contributed by atoms with Crippen molar-refractivity contribution in [3.8, 4) is 0 Å². The van der Waals surface area contributed by atoms with E-state index >= 15 is 0 Å². The number of rotatable bonds is 1. The van der Waals surface area contributed by atoms with Crippen molar-refractivity contribution in [1.82, 2.24) is 4.90 Å². The molecule has 0 unspecified atom stereocenters. The molecule has 0 fully saturated rings. The van der Waals surface area contributed by atoms with Gasteiger partial charge >= 0.3 is 6.03 Å². The second kappa shape index (κ2) is 3.53. The first kappa shape index (κ1) is 11.2. The Bertz CT molecular complexity index is 680. The van der Waals surface area contributed by atoms with Crippen molar-refractivity contribution in [2.45, 2.75) is 4.90 Å². The van der Waals surface area contributed by atoms with Crippen molar-refractivity contribution >= 4 is 27.7 Å². The maximum atomic E-state index is 11.7. The molecular weight excluding hydrogens is 258 g/mol. The van der Waals surface area contributed by atoms with Gasteiger partial charge in [0.25, 0.3) is 10.1 Å². The first-order valence-corrected chi connectivity index (χ1v) is 6.66. The summed E-state index contributed by atoms with van der Waals surface area (Å²) in [6, 6.07) is 3.70. The van der Waals surface area contributed by atoms with Crippen molar-refractivity contribution < 1.29 is 17.8 Å². The highest BCUT2D eigenvalue weighted by Gasteiger charge is 2.32. The predicted octanol–water partition coefficient (Wildman–Crippen LogP) is 0.541. The van der Waals surface area contributed by atoms with Crippen LogP contribution >= 0.6 is 0 Å². The molecule has 1 aromatic carbocycles. The third-order valence-corrected chi connectivity index (χ3v) is 3.71. The van der Waals surface area contributed by atoms with Crippen molar-refractivity contribution in [2.75, 3.05) is 18.4 Å². The van der Waals surface area contributed by atoms with Gasteiger partial charge in [-0.2, -0.15) is 8.42 Å². The summed E-state index contributed by atoms with van der Waals surface area (Å²) in [6.07, 6.45) is 0. The van der Waals surface area contributed by atoms with Crippen LogP contribution in [0.2, 0.25) is 0 Å². The van der Waals surface area contributed by atoms with Crippen LogP contribution in [0.25, 0.3) is 0 Å². The minimum Gasteiger partial charge on any atom is -0.307 e. The smallest absolute Gasteiger partial charge is 0.307 e. The standard InChI is InChI=1S/C10H9N3O4S/c14-10-12-8-2-1-6(18(15,16)17)5-7(8)9-11-3-4-13(9)10/h1-2,5H,3-4H2,(H,12,14)(H,15,16,17). The number of amides is 2. The highest BCUT2D eigenvalue weighted by atomic mass is 32.2. The van der Waals surface area contributed by atoms with Crippen molar-refractivity contribution in [3.05, 3.63) is 23.8 Å². The zero-order valence-corrected chi connectivity index (χ0v) is 9.94. The van der Waals surface area contributed by atoms with E-state index in [2.05, 4.69) is 10.3 Å². The molecule has 18 heavy (non-hydrogen) atoms. The first-order valence-electron chi connectivity index (χ1n) is 5.22. The van der Waals surface area contributed by atoms with Crippen LogP contribution in [-0.4, -0.2) is 42.8 Å². The average molecular weight is 267 g/mol. The molecule has 2 aliphatic heterocycles. The lowest BCUT2D eigenvalue weighted by atomic mass is 10.1. The zero-order chi connectivity index (χ0) is 12.9. The number of hydrogen-bond donors (Lipinski definition) is 2. The summed E-state index contributed by atoms with van der Waals surface area (Å²) < 4.78 is 31.2. The molecule has 0 bridgehead atoms. The van der Waals surface area contributed by atoms with E-state index < -0.39 is 10.1 Å². The fourth-order valence-electron chi connectivity index (χ4n) is 2.04. The Labute approximate surface area is 103 Å². The molecule has 0 radical (unpaired) electrons. The minimum atomic E-state index is -4.26. The SMILES string of the molecule is O=C1Nc2ccc(S(=O)(=O)O)cc2C2=NCCN12. The van der Waals surface area contributed by atoms with E-state index in [4.69, 9.17) is 4.55 Å². The zero-order valence-electron chi connectivity index (χ0n) is 9.12. The van der Waals surface area contributed by atoms with Crippen LogP contribution in [-0.2, 0) is 10.1 Å². The molecule has 94 valence electrons. The van der Waals surface area contributed by atoms with Gasteiger partial charge in [-0.15, -0.1) is 0 Å². The van der Waals surface area contributed by atoms with Crippen LogP contribution in [0.5, 0.6) is 0 Å². The second-order valence-electron chi connectivity index (χ2n) is 3.97. The van der Waals surface area contributed by atoms with E-state index in [1.54, 1.807) is 0 Å². The molecule has 0 aromatic heterocycles. The van der Waals surface area contributed by atoms with Gasteiger partial charge in [-0.05, 0) is 18.2 Å². The normalized spacial score (nSPS) is 17.9. The van der Waals surface area contributed by atoms with Gasteiger partial charge in [0.2, 0.25) is 0 Å². The molecule has 0 saturated carbocycles. The number of nitrogens with zero attached hydrogens (tertiary/aromatic N) is 2. The lowest BCUT2D eigenvalue weighted by Crippen LogP contribution is -2.42. The number of benzene rings is 1. The fraction of sp³-hybridized carbons (Fsp3) is 0.200. The first-order chi connectivity index (χ1) is 8.47. The lowest BCUT2D eigenvalue weighted by Gasteiger charge is -2.26. The van der Waals surface area contributed by atoms with Crippen LogP contribution in [0.1, 0.15) is 5.56 Å². The second-order valence-corrected chi connectivity index (χ2v) is 5.39. The molecule has 2 amide bonds. The maximum Gasteiger partial charge on any atom is 0.327 e. The Balaban J connectivity index is 2.20. The minimum absolute atomic E-state index is 0.216. The summed E-state index contributed by atoms with van der Waals surface area (Å²) in [6.45, 7) is 0.953. The quantitative estimate of drug-likeness (QED) is 0.725. The van der Waals surface area contributed by atoms with E-state index in [0.29, 0.717) is 30.2 Å². The summed E-state index contributed by atoms with van der Waals surface area (Å²) in [5.41, 5.74) is 0.992. The molecule has 8 heteroatoms. The van der Waals surface area contributed by atoms with Gasteiger partial charge in [-0.3, -0.25) is 14.4 Å². The Morgan fingerprint density at radius 1 is 1.39 bits per heavy atom. The third-order valence-electron chi connectivity index (χ3n) is 2.86. The number of urea groups is 1. The van der Waals surface area contributed by atoms with E-state index in [0.717, 1.165) is 0 Å². The molecular formula is C10H9N3O4S. The van der Waals surface area contributed by atoms with Gasteiger partial charge in [0.05, 0.1) is 17.1 Å². The van der Waals surface area contributed by atoms with Crippen molar-refractivity contribution in [1.29, 1.82) is 0 Å². The summed E-state index contributed by atoms with van der Waals surface area (Å²) in [5, 5.41) is 2.64. The molecule has 2 heterocycles. The highest BCUT2D eigenvalue weighted by molar-refractivity contribution is 7.85. The number of aliphatic imine (C=N–C) groups is 1. The molecule has 0 aliphatic carbocycles. The monoisotopic (exact) mass is 267 g/mol. The highest BCUT2D eigenvalue weighted by Crippen LogP contribution is 2.28. The van der Waals surface area contributed by atoms with Crippen LogP contribution in [0.3, 0.4) is 0 Å². The van der Waals surface area contributed by atoms with Crippen molar-refractivity contribution in [3.63, 3.8) is 0 Å². The number of carbonyl (C=O) groups is 1. The Morgan fingerprint density at radius 2 is 2.17 bits per heavy atom. The number of amidine groups is 1. The predicted molar refractivity (Wildman–Crippen MR) is 63.4 cm³/mol. The number of carbonyl (C=O) groups excluding carboxylic acids is 1. The maximum absolute atomic E-state index is 11.7. The summed E-state index contributed by atoms with van der Waals surface area (Å²) >= 11 is 0. The average Bonchev–Trinajstić information content (AvgIpc) is 2.77. The van der Waals surface area contributed by atoms with E-state index in [1.807, 2.05) is 0 Å². The van der Waals surface area contributed by atoms with Gasteiger partial charge in [0.15, 0.2) is 0 Å². The molecule has 0 spiro atoms. The molecule has 2 aliphatic rings. The number of nitrogens with one attached hydrogen (secondary N) is 1. The third kappa shape index (κ3) is 1.57. The summed E-state index contributed by atoms with van der Waals surface area (Å²) in [7, 11) is -4.26. The van der Waals surface area contributed by atoms with Gasteiger partial charge < -0.3 is 5.32 Å². The summed E-state index contributed by atoms with van der Waals surface area (Å²) in [5.74, 6) is 0.444. The number of hydrogen-bond acceptors (Lipinski definition) is 4. The van der Waals surface area contributed by atoms with Gasteiger partial charge in [-0.1, -0.05) is 0 Å². The molecule has 7 nitrogen and oxygen atoms in total. The van der Waals surface area contributed by atoms with Crippen LogP contribution in [0.15, 0.2) is 28.1 Å². The van der Waals surface area contributed by atoms with E-state index in [1.165, 1.54) is 23.1 Å². The molecule has 3 rings (SSSR count). The number of fused-ring (bicyclic) bond motifs is 3. The fourth-order valence-corrected chi connectivity index (χ4v) is 2.54. The van der Waals surface area contributed by atoms with Crippen LogP contribution in [0.4, 0.5) is 10.5 Å². The number of anilines is 1. The van der Waals surface area contributed by atoms with Gasteiger partial charge in [0, 0.05) is 12.1 Å². The van der Waals surface area contributed by atoms with Crippen molar-refractivity contribution in [2.24, 2.45) is 4.99 Å². The van der Waals surface area contributed by atoms with E-state index in [9.17, 15) is 13.2 Å². The molecule has 0 saturated heterocycles. The molecule has 0 atom stereocenters. The largest absolute Gasteiger partial charge is 0.327 e. The van der Waals surface area contributed by atoms with Crippen LogP contribution in [0, 0.1) is 0 Å². The molecule has 1 aromatic rings. The lowest BCUT2D eigenvalue weighted by molar-refractivity contribution is 0.235. The Kier molecular flexibility index (Phi) is 2.19. The Morgan fingerprint density at radius 3 is 2.89 bits per heavy atom. The topological polar surface area (TPSA) is 99.1 Å². The van der Waals surface area contributed by atoms with Gasteiger partial charge in [-0.25, -0.2) is 4.79 Å². The Hall–Kier alpha value is -1.93. The van der Waals surface area contributed by atoms with Gasteiger partial charge in [0.1, 0.15) is 5.84 Å². The summed E-state index contributed by atoms with van der Waals surface area (Å²) in [4.78, 5) is 17.1. The van der Waals surface area contributed by atoms with Crippen LogP contribution < -0.4 is 5.32 Å².